The Morgan fingerprint density at radius 2 is 1.84 bits per heavy atom. The fraction of sp³-hybridized carbons (Fsp3) is 0.714. The van der Waals surface area contributed by atoms with E-state index < -0.39 is 0 Å². The van der Waals surface area contributed by atoms with Gasteiger partial charge in [-0.1, -0.05) is 26.0 Å². The molecule has 2 heterocycles. The van der Waals surface area contributed by atoms with E-state index in [1.54, 1.807) is 14.2 Å². The first-order valence-electron chi connectivity index (χ1n) is 9.70. The van der Waals surface area contributed by atoms with E-state index in [1.165, 1.54) is 57.5 Å². The molecule has 1 atom stereocenters. The summed E-state index contributed by atoms with van der Waals surface area (Å²) in [5.74, 6) is 2.48. The molecule has 1 spiro atoms. The first-order valence-corrected chi connectivity index (χ1v) is 9.70. The molecule has 2 aliphatic rings. The molecule has 2 fully saturated rings. The highest BCUT2D eigenvalue weighted by Crippen LogP contribution is 2.40. The van der Waals surface area contributed by atoms with E-state index in [-0.39, 0.29) is 0 Å². The summed E-state index contributed by atoms with van der Waals surface area (Å²) < 4.78 is 11.1. The molecule has 4 nitrogen and oxygen atoms in total. The maximum absolute atomic E-state index is 5.63. The van der Waals surface area contributed by atoms with Crippen molar-refractivity contribution in [3.63, 3.8) is 0 Å². The molecule has 25 heavy (non-hydrogen) atoms. The number of nitrogens with zero attached hydrogens (tertiary/aromatic N) is 2. The van der Waals surface area contributed by atoms with E-state index in [0.29, 0.717) is 5.41 Å². The van der Waals surface area contributed by atoms with E-state index in [0.717, 1.165) is 24.0 Å². The molecule has 4 heteroatoms. The highest BCUT2D eigenvalue weighted by Gasteiger charge is 2.41. The van der Waals surface area contributed by atoms with Crippen molar-refractivity contribution >= 4 is 0 Å². The van der Waals surface area contributed by atoms with Gasteiger partial charge >= 0.3 is 0 Å². The average molecular weight is 347 g/mol. The van der Waals surface area contributed by atoms with Gasteiger partial charge in [0.2, 0.25) is 0 Å². The van der Waals surface area contributed by atoms with Crippen molar-refractivity contribution in [3.05, 3.63) is 23.8 Å². The number of piperidine rings is 1. The van der Waals surface area contributed by atoms with Gasteiger partial charge in [-0.15, -0.1) is 0 Å². The minimum absolute atomic E-state index is 0.499. The van der Waals surface area contributed by atoms with Crippen molar-refractivity contribution in [1.82, 2.24) is 9.80 Å². The van der Waals surface area contributed by atoms with Crippen LogP contribution in [0.25, 0.3) is 0 Å². The zero-order chi connectivity index (χ0) is 17.9. The molecule has 0 saturated carbocycles. The van der Waals surface area contributed by atoms with Gasteiger partial charge in [-0.2, -0.15) is 0 Å². The van der Waals surface area contributed by atoms with Crippen LogP contribution in [0.3, 0.4) is 0 Å². The molecule has 2 saturated heterocycles. The summed E-state index contributed by atoms with van der Waals surface area (Å²) in [5.41, 5.74) is 1.73. The van der Waals surface area contributed by atoms with Crippen molar-refractivity contribution in [2.45, 2.75) is 39.7 Å². The van der Waals surface area contributed by atoms with E-state index in [2.05, 4.69) is 35.8 Å². The second kappa shape index (κ2) is 7.96. The minimum Gasteiger partial charge on any atom is -0.493 e. The average Bonchev–Trinajstić information content (AvgIpc) is 2.95. The maximum atomic E-state index is 5.63. The van der Waals surface area contributed by atoms with Crippen molar-refractivity contribution in [3.8, 4) is 11.5 Å². The molecule has 0 radical (unpaired) electrons. The zero-order valence-corrected chi connectivity index (χ0v) is 16.4. The Kier molecular flexibility index (Phi) is 5.90. The molecular formula is C21H34N2O2. The largest absolute Gasteiger partial charge is 0.493 e. The van der Waals surface area contributed by atoms with Crippen LogP contribution in [0.15, 0.2) is 18.2 Å². The normalized spacial score (nSPS) is 25.0. The van der Waals surface area contributed by atoms with Gasteiger partial charge in [0.1, 0.15) is 0 Å². The quantitative estimate of drug-likeness (QED) is 0.785. The van der Waals surface area contributed by atoms with Crippen LogP contribution in [0, 0.1) is 11.3 Å². The van der Waals surface area contributed by atoms with E-state index in [1.807, 2.05) is 6.07 Å². The molecule has 0 aromatic heterocycles. The lowest BCUT2D eigenvalue weighted by Crippen LogP contribution is -2.44. The maximum Gasteiger partial charge on any atom is 0.165 e. The van der Waals surface area contributed by atoms with Gasteiger partial charge in [0.15, 0.2) is 11.5 Å². The zero-order valence-electron chi connectivity index (χ0n) is 16.4. The summed E-state index contributed by atoms with van der Waals surface area (Å²) in [6.45, 7) is 11.8. The van der Waals surface area contributed by atoms with Gasteiger partial charge in [-0.25, -0.2) is 0 Å². The topological polar surface area (TPSA) is 24.9 Å². The van der Waals surface area contributed by atoms with E-state index >= 15 is 0 Å². The van der Waals surface area contributed by atoms with Crippen LogP contribution in [-0.4, -0.2) is 56.7 Å². The lowest BCUT2D eigenvalue weighted by Gasteiger charge is -2.41. The SMILES string of the molecule is COc1cccc(CN2CCCC3(CCN(CC(C)C)C3)C2)c1OC. The molecule has 140 valence electrons. The second-order valence-electron chi connectivity index (χ2n) is 8.35. The summed E-state index contributed by atoms with van der Waals surface area (Å²) >= 11 is 0. The van der Waals surface area contributed by atoms with Crippen molar-refractivity contribution in [2.75, 3.05) is 46.9 Å². The number of benzene rings is 1. The molecule has 0 aliphatic carbocycles. The number of ether oxygens (including phenoxy) is 2. The summed E-state index contributed by atoms with van der Waals surface area (Å²) in [4.78, 5) is 5.31. The van der Waals surface area contributed by atoms with Gasteiger partial charge in [-0.3, -0.25) is 4.90 Å². The molecule has 0 bridgehead atoms. The van der Waals surface area contributed by atoms with Gasteiger partial charge in [-0.05, 0) is 49.8 Å². The van der Waals surface area contributed by atoms with Crippen molar-refractivity contribution in [1.29, 1.82) is 0 Å². The van der Waals surface area contributed by atoms with Crippen LogP contribution in [0.4, 0.5) is 0 Å². The third kappa shape index (κ3) is 4.29. The summed E-state index contributed by atoms with van der Waals surface area (Å²) in [6, 6.07) is 6.21. The Labute approximate surface area is 153 Å². The molecule has 1 aromatic rings. The molecule has 1 aromatic carbocycles. The third-order valence-corrected chi connectivity index (χ3v) is 5.76. The Morgan fingerprint density at radius 1 is 1.04 bits per heavy atom. The van der Waals surface area contributed by atoms with Crippen LogP contribution in [-0.2, 0) is 6.54 Å². The molecule has 0 amide bonds. The predicted octanol–water partition coefficient (Wildman–Crippen LogP) is 3.65. The van der Waals surface area contributed by atoms with Gasteiger partial charge < -0.3 is 14.4 Å². The summed E-state index contributed by atoms with van der Waals surface area (Å²) in [7, 11) is 3.44. The van der Waals surface area contributed by atoms with Crippen LogP contribution in [0.2, 0.25) is 0 Å². The highest BCUT2D eigenvalue weighted by molar-refractivity contribution is 5.46. The van der Waals surface area contributed by atoms with Crippen LogP contribution < -0.4 is 9.47 Å². The summed E-state index contributed by atoms with van der Waals surface area (Å²) in [5, 5.41) is 0. The summed E-state index contributed by atoms with van der Waals surface area (Å²) in [6.07, 6.45) is 4.04. The fourth-order valence-electron chi connectivity index (χ4n) is 4.80. The molecule has 0 N–H and O–H groups in total. The van der Waals surface area contributed by atoms with E-state index in [4.69, 9.17) is 9.47 Å². The molecule has 1 unspecified atom stereocenters. The third-order valence-electron chi connectivity index (χ3n) is 5.76. The van der Waals surface area contributed by atoms with E-state index in [9.17, 15) is 0 Å². The Balaban J connectivity index is 1.67. The number of rotatable bonds is 6. The molecular weight excluding hydrogens is 312 g/mol. The van der Waals surface area contributed by atoms with Crippen molar-refractivity contribution in [2.24, 2.45) is 11.3 Å². The number of methoxy groups -OCH3 is 2. The Hall–Kier alpha value is -1.26. The lowest BCUT2D eigenvalue weighted by atomic mass is 9.79. The predicted molar refractivity (Wildman–Crippen MR) is 102 cm³/mol. The van der Waals surface area contributed by atoms with Gasteiger partial charge in [0, 0.05) is 31.7 Å². The monoisotopic (exact) mass is 346 g/mol. The standard InChI is InChI=1S/C21H34N2O2/c1-17(2)13-23-12-10-21(16-23)9-6-11-22(15-21)14-18-7-5-8-19(24-3)20(18)25-4/h5,7-8,17H,6,9-16H2,1-4H3. The van der Waals surface area contributed by atoms with Crippen molar-refractivity contribution < 1.29 is 9.47 Å². The van der Waals surface area contributed by atoms with Gasteiger partial charge in [0.05, 0.1) is 14.2 Å². The first-order chi connectivity index (χ1) is 12.0. The molecule has 3 rings (SSSR count). The highest BCUT2D eigenvalue weighted by atomic mass is 16.5. The Morgan fingerprint density at radius 3 is 2.56 bits per heavy atom. The first kappa shape index (κ1) is 18.5. The number of hydrogen-bond donors (Lipinski definition) is 0. The second-order valence-corrected chi connectivity index (χ2v) is 8.35. The number of likely N-dealkylation sites (tertiary alicyclic amines) is 2. The van der Waals surface area contributed by atoms with Crippen LogP contribution in [0.5, 0.6) is 11.5 Å². The van der Waals surface area contributed by atoms with Crippen LogP contribution in [0.1, 0.15) is 38.7 Å². The smallest absolute Gasteiger partial charge is 0.165 e. The Bertz CT molecular complexity index is 575. The lowest BCUT2D eigenvalue weighted by molar-refractivity contribution is 0.0854. The molecule has 2 aliphatic heterocycles. The number of para-hydroxylation sites is 1. The minimum atomic E-state index is 0.499. The van der Waals surface area contributed by atoms with Gasteiger partial charge in [0.25, 0.3) is 0 Å². The van der Waals surface area contributed by atoms with Crippen LogP contribution >= 0.6 is 0 Å². The number of hydrogen-bond acceptors (Lipinski definition) is 4. The fourth-order valence-corrected chi connectivity index (χ4v) is 4.80.